The summed E-state index contributed by atoms with van der Waals surface area (Å²) in [5, 5.41) is 0. The highest BCUT2D eigenvalue weighted by Crippen LogP contribution is 2.06. The second kappa shape index (κ2) is 3.89. The molecule has 1 aliphatic heterocycles. The van der Waals surface area contributed by atoms with Crippen molar-refractivity contribution in [2.45, 2.75) is 6.54 Å². The molecule has 0 aromatic carbocycles. The summed E-state index contributed by atoms with van der Waals surface area (Å²) in [5.41, 5.74) is 0. The van der Waals surface area contributed by atoms with Gasteiger partial charge in [-0.2, -0.15) is 0 Å². The monoisotopic (exact) mass is 181 g/mol. The van der Waals surface area contributed by atoms with Gasteiger partial charge in [-0.3, -0.25) is 4.90 Å². The molecule has 0 radical (unpaired) electrons. The number of aromatic nitrogens is 1. The second-order valence-electron chi connectivity index (χ2n) is 3.55. The van der Waals surface area contributed by atoms with E-state index >= 15 is 0 Å². The van der Waals surface area contributed by atoms with E-state index in [0.717, 1.165) is 38.5 Å². The van der Waals surface area contributed by atoms with E-state index in [1.165, 1.54) is 6.39 Å². The third kappa shape index (κ3) is 2.29. The maximum absolute atomic E-state index is 5.20. The number of rotatable bonds is 2. The predicted molar refractivity (Wildman–Crippen MR) is 49.3 cm³/mol. The van der Waals surface area contributed by atoms with Crippen LogP contribution in [0.15, 0.2) is 17.0 Å². The lowest BCUT2D eigenvalue weighted by molar-refractivity contribution is 0.140. The maximum Gasteiger partial charge on any atom is 0.180 e. The summed E-state index contributed by atoms with van der Waals surface area (Å²) < 4.78 is 5.20. The maximum atomic E-state index is 5.20. The van der Waals surface area contributed by atoms with Crippen LogP contribution in [0.1, 0.15) is 5.76 Å². The Hall–Kier alpha value is -0.870. The quantitative estimate of drug-likeness (QED) is 0.662. The lowest BCUT2D eigenvalue weighted by Crippen LogP contribution is -2.43. The van der Waals surface area contributed by atoms with Crippen LogP contribution in [-0.4, -0.2) is 48.0 Å². The van der Waals surface area contributed by atoms with E-state index in [4.69, 9.17) is 4.42 Å². The fourth-order valence-electron chi connectivity index (χ4n) is 1.55. The Morgan fingerprint density at radius 1 is 1.38 bits per heavy atom. The Morgan fingerprint density at radius 2 is 2.15 bits per heavy atom. The lowest BCUT2D eigenvalue weighted by atomic mass is 10.3. The van der Waals surface area contributed by atoms with E-state index in [9.17, 15) is 0 Å². The zero-order valence-electron chi connectivity index (χ0n) is 7.94. The average Bonchev–Trinajstić information content (AvgIpc) is 2.62. The van der Waals surface area contributed by atoms with E-state index in [1.54, 1.807) is 6.20 Å². The average molecular weight is 181 g/mol. The van der Waals surface area contributed by atoms with Gasteiger partial charge < -0.3 is 9.32 Å². The third-order valence-corrected chi connectivity index (χ3v) is 2.46. The van der Waals surface area contributed by atoms with Crippen LogP contribution in [0.5, 0.6) is 0 Å². The van der Waals surface area contributed by atoms with Crippen molar-refractivity contribution in [3.63, 3.8) is 0 Å². The van der Waals surface area contributed by atoms with Crippen LogP contribution in [0.25, 0.3) is 0 Å². The normalized spacial score (nSPS) is 20.7. The van der Waals surface area contributed by atoms with Crippen molar-refractivity contribution >= 4 is 0 Å². The summed E-state index contributed by atoms with van der Waals surface area (Å²) in [6.45, 7) is 5.44. The van der Waals surface area contributed by atoms with Crippen LogP contribution in [0.3, 0.4) is 0 Å². The number of nitrogens with zero attached hydrogens (tertiary/aromatic N) is 3. The Morgan fingerprint density at radius 3 is 2.77 bits per heavy atom. The molecular formula is C9H15N3O. The van der Waals surface area contributed by atoms with Crippen LogP contribution in [0, 0.1) is 0 Å². The third-order valence-electron chi connectivity index (χ3n) is 2.46. The molecule has 0 N–H and O–H groups in total. The molecular weight excluding hydrogens is 166 g/mol. The molecule has 2 rings (SSSR count). The summed E-state index contributed by atoms with van der Waals surface area (Å²) in [6, 6.07) is 0. The van der Waals surface area contributed by atoms with Crippen LogP contribution in [0.2, 0.25) is 0 Å². The largest absolute Gasteiger partial charge is 0.447 e. The van der Waals surface area contributed by atoms with Gasteiger partial charge in [-0.25, -0.2) is 4.98 Å². The van der Waals surface area contributed by atoms with Gasteiger partial charge in [0.05, 0.1) is 12.7 Å². The molecule has 0 aliphatic carbocycles. The molecule has 1 aromatic heterocycles. The zero-order chi connectivity index (χ0) is 9.10. The van der Waals surface area contributed by atoms with E-state index < -0.39 is 0 Å². The molecule has 72 valence electrons. The van der Waals surface area contributed by atoms with Crippen molar-refractivity contribution in [3.05, 3.63) is 18.4 Å². The van der Waals surface area contributed by atoms with Crippen molar-refractivity contribution in [1.82, 2.24) is 14.8 Å². The summed E-state index contributed by atoms with van der Waals surface area (Å²) in [6.07, 6.45) is 3.28. The first-order valence-electron chi connectivity index (χ1n) is 4.63. The van der Waals surface area contributed by atoms with Crippen molar-refractivity contribution in [3.8, 4) is 0 Å². The van der Waals surface area contributed by atoms with E-state index in [1.807, 2.05) is 0 Å². The number of likely N-dealkylation sites (N-methyl/N-ethyl adjacent to an activating group) is 1. The summed E-state index contributed by atoms with van der Waals surface area (Å²) in [5.74, 6) is 0.963. The molecule has 0 unspecified atom stereocenters. The van der Waals surface area contributed by atoms with Crippen LogP contribution in [0.4, 0.5) is 0 Å². The Labute approximate surface area is 78.1 Å². The standard InChI is InChI=1S/C9H15N3O/c1-11-2-4-12(5-3-11)7-9-6-10-8-13-9/h6,8H,2-5,7H2,1H3. The van der Waals surface area contributed by atoms with Crippen molar-refractivity contribution < 1.29 is 4.42 Å². The van der Waals surface area contributed by atoms with E-state index in [-0.39, 0.29) is 0 Å². The molecule has 4 nitrogen and oxygen atoms in total. The molecule has 4 heteroatoms. The topological polar surface area (TPSA) is 32.5 Å². The Bertz CT molecular complexity index is 239. The Balaban J connectivity index is 1.83. The van der Waals surface area contributed by atoms with Gasteiger partial charge in [0.25, 0.3) is 0 Å². The number of hydrogen-bond donors (Lipinski definition) is 0. The fourth-order valence-corrected chi connectivity index (χ4v) is 1.55. The van der Waals surface area contributed by atoms with Gasteiger partial charge in [0.1, 0.15) is 5.76 Å². The highest BCUT2D eigenvalue weighted by molar-refractivity contribution is 4.88. The minimum atomic E-state index is 0.897. The van der Waals surface area contributed by atoms with Gasteiger partial charge in [0, 0.05) is 26.2 Å². The molecule has 1 fully saturated rings. The Kier molecular flexibility index (Phi) is 2.61. The number of hydrogen-bond acceptors (Lipinski definition) is 4. The first kappa shape index (κ1) is 8.72. The van der Waals surface area contributed by atoms with Crippen LogP contribution in [-0.2, 0) is 6.54 Å². The summed E-state index contributed by atoms with van der Waals surface area (Å²) >= 11 is 0. The first-order valence-corrected chi connectivity index (χ1v) is 4.63. The number of piperazine rings is 1. The first-order chi connectivity index (χ1) is 6.34. The summed E-state index contributed by atoms with van der Waals surface area (Å²) in [7, 11) is 2.16. The van der Waals surface area contributed by atoms with Gasteiger partial charge in [-0.05, 0) is 7.05 Å². The summed E-state index contributed by atoms with van der Waals surface area (Å²) in [4.78, 5) is 8.63. The smallest absolute Gasteiger partial charge is 0.180 e. The SMILES string of the molecule is CN1CCN(Cc2cnco2)CC1. The highest BCUT2D eigenvalue weighted by Gasteiger charge is 2.14. The van der Waals surface area contributed by atoms with Gasteiger partial charge in [0.15, 0.2) is 6.39 Å². The van der Waals surface area contributed by atoms with Crippen molar-refractivity contribution in [2.75, 3.05) is 33.2 Å². The molecule has 1 aliphatic rings. The van der Waals surface area contributed by atoms with Crippen LogP contribution < -0.4 is 0 Å². The van der Waals surface area contributed by atoms with Gasteiger partial charge in [0.2, 0.25) is 0 Å². The number of oxazole rings is 1. The minimum Gasteiger partial charge on any atom is -0.447 e. The molecule has 0 amide bonds. The molecule has 1 aromatic rings. The van der Waals surface area contributed by atoms with Crippen molar-refractivity contribution in [1.29, 1.82) is 0 Å². The molecule has 1 saturated heterocycles. The lowest BCUT2D eigenvalue weighted by Gasteiger charge is -2.31. The molecule has 13 heavy (non-hydrogen) atoms. The highest BCUT2D eigenvalue weighted by atomic mass is 16.3. The van der Waals surface area contributed by atoms with Gasteiger partial charge >= 0.3 is 0 Å². The molecule has 0 saturated carbocycles. The second-order valence-corrected chi connectivity index (χ2v) is 3.55. The predicted octanol–water partition coefficient (Wildman–Crippen LogP) is 0.422. The minimum absolute atomic E-state index is 0.897. The molecule has 0 spiro atoms. The van der Waals surface area contributed by atoms with Crippen LogP contribution >= 0.6 is 0 Å². The van der Waals surface area contributed by atoms with E-state index in [0.29, 0.717) is 0 Å². The van der Waals surface area contributed by atoms with Gasteiger partial charge in [-0.1, -0.05) is 0 Å². The van der Waals surface area contributed by atoms with E-state index in [2.05, 4.69) is 21.8 Å². The fraction of sp³-hybridized carbons (Fsp3) is 0.667. The van der Waals surface area contributed by atoms with Gasteiger partial charge in [-0.15, -0.1) is 0 Å². The molecule has 0 bridgehead atoms. The zero-order valence-corrected chi connectivity index (χ0v) is 7.94. The molecule has 0 atom stereocenters. The van der Waals surface area contributed by atoms with Crippen molar-refractivity contribution in [2.24, 2.45) is 0 Å². The molecule has 2 heterocycles.